The van der Waals surface area contributed by atoms with Gasteiger partial charge in [-0.25, -0.2) is 4.79 Å². The Morgan fingerprint density at radius 2 is 1.69 bits per heavy atom. The molecule has 148 valence electrons. The number of aromatic nitrogens is 2. The van der Waals surface area contributed by atoms with Gasteiger partial charge in [0.1, 0.15) is 0 Å². The molecule has 29 heavy (non-hydrogen) atoms. The number of benzene rings is 2. The standard InChI is InChI=1S/C22H22N4O3/c1-4-29-22(28)16-9-5-6-10-18(16)24-21(27)19-12-13-20(26-25-19)23-17-11-7-8-14(2)15(17)3/h5-13H,4H2,1-3H3,(H,23,26)(H,24,27). The van der Waals surface area contributed by atoms with Crippen LogP contribution in [0.2, 0.25) is 0 Å². The molecular formula is C22H22N4O3. The van der Waals surface area contributed by atoms with Gasteiger partial charge in [-0.1, -0.05) is 24.3 Å². The molecule has 1 amide bonds. The highest BCUT2D eigenvalue weighted by molar-refractivity contribution is 6.07. The van der Waals surface area contributed by atoms with E-state index in [4.69, 9.17) is 4.74 Å². The fourth-order valence-corrected chi connectivity index (χ4v) is 2.71. The number of hydrogen-bond acceptors (Lipinski definition) is 6. The Morgan fingerprint density at radius 3 is 2.41 bits per heavy atom. The lowest BCUT2D eigenvalue weighted by atomic mass is 10.1. The van der Waals surface area contributed by atoms with Crippen LogP contribution in [0.4, 0.5) is 17.2 Å². The third-order valence-electron chi connectivity index (χ3n) is 4.44. The average molecular weight is 390 g/mol. The molecule has 0 saturated heterocycles. The van der Waals surface area contributed by atoms with Gasteiger partial charge in [0.2, 0.25) is 0 Å². The number of para-hydroxylation sites is 1. The molecule has 7 heteroatoms. The van der Waals surface area contributed by atoms with Crippen LogP contribution in [-0.2, 0) is 4.74 Å². The zero-order valence-corrected chi connectivity index (χ0v) is 16.5. The number of aryl methyl sites for hydroxylation is 1. The van der Waals surface area contributed by atoms with E-state index in [0.29, 0.717) is 11.5 Å². The number of amides is 1. The Hall–Kier alpha value is -3.74. The highest BCUT2D eigenvalue weighted by atomic mass is 16.5. The maximum absolute atomic E-state index is 12.5. The Bertz CT molecular complexity index is 1030. The predicted molar refractivity (Wildman–Crippen MR) is 112 cm³/mol. The molecule has 2 N–H and O–H groups in total. The van der Waals surface area contributed by atoms with E-state index in [9.17, 15) is 9.59 Å². The van der Waals surface area contributed by atoms with Crippen molar-refractivity contribution >= 4 is 29.1 Å². The third kappa shape index (κ3) is 4.76. The monoisotopic (exact) mass is 390 g/mol. The molecule has 2 aromatic carbocycles. The van der Waals surface area contributed by atoms with Crippen LogP contribution in [0.25, 0.3) is 0 Å². The number of ether oxygens (including phenoxy) is 1. The summed E-state index contributed by atoms with van der Waals surface area (Å²) in [5.41, 5.74) is 3.99. The average Bonchev–Trinajstić information content (AvgIpc) is 2.72. The van der Waals surface area contributed by atoms with Crippen molar-refractivity contribution < 1.29 is 14.3 Å². The molecule has 0 radical (unpaired) electrons. The molecule has 1 heterocycles. The fourth-order valence-electron chi connectivity index (χ4n) is 2.71. The number of nitrogens with zero attached hydrogens (tertiary/aromatic N) is 2. The summed E-state index contributed by atoms with van der Waals surface area (Å²) in [6.45, 7) is 6.03. The third-order valence-corrected chi connectivity index (χ3v) is 4.44. The number of hydrogen-bond donors (Lipinski definition) is 2. The zero-order chi connectivity index (χ0) is 20.8. The molecule has 3 rings (SSSR count). The number of esters is 1. The Morgan fingerprint density at radius 1 is 0.931 bits per heavy atom. The summed E-state index contributed by atoms with van der Waals surface area (Å²) in [5, 5.41) is 14.0. The molecule has 0 bridgehead atoms. The van der Waals surface area contributed by atoms with Crippen LogP contribution in [0.1, 0.15) is 38.9 Å². The van der Waals surface area contributed by atoms with E-state index < -0.39 is 11.9 Å². The molecular weight excluding hydrogens is 368 g/mol. The number of carbonyl (C=O) groups excluding carboxylic acids is 2. The molecule has 0 spiro atoms. The largest absolute Gasteiger partial charge is 0.462 e. The molecule has 0 aliphatic rings. The number of carbonyl (C=O) groups is 2. The maximum atomic E-state index is 12.5. The van der Waals surface area contributed by atoms with Crippen molar-refractivity contribution in [1.29, 1.82) is 0 Å². The van der Waals surface area contributed by atoms with Crippen molar-refractivity contribution in [3.8, 4) is 0 Å². The predicted octanol–water partition coefficient (Wildman–Crippen LogP) is 4.27. The van der Waals surface area contributed by atoms with Crippen LogP contribution < -0.4 is 10.6 Å². The quantitative estimate of drug-likeness (QED) is 0.611. The second-order valence-corrected chi connectivity index (χ2v) is 6.40. The minimum atomic E-state index is -0.498. The normalized spacial score (nSPS) is 10.3. The van der Waals surface area contributed by atoms with E-state index in [0.717, 1.165) is 11.3 Å². The van der Waals surface area contributed by atoms with Gasteiger partial charge in [0.05, 0.1) is 17.9 Å². The molecule has 0 aliphatic carbocycles. The summed E-state index contributed by atoms with van der Waals surface area (Å²) < 4.78 is 5.02. The van der Waals surface area contributed by atoms with Gasteiger partial charge in [-0.15, -0.1) is 10.2 Å². The topological polar surface area (TPSA) is 93.2 Å². The van der Waals surface area contributed by atoms with Crippen molar-refractivity contribution in [2.75, 3.05) is 17.2 Å². The number of nitrogens with one attached hydrogen (secondary N) is 2. The van der Waals surface area contributed by atoms with Crippen molar-refractivity contribution in [2.45, 2.75) is 20.8 Å². The lowest BCUT2D eigenvalue weighted by molar-refractivity contribution is 0.0527. The first-order valence-electron chi connectivity index (χ1n) is 9.24. The van der Waals surface area contributed by atoms with Gasteiger partial charge in [-0.05, 0) is 62.2 Å². The van der Waals surface area contributed by atoms with Gasteiger partial charge in [0, 0.05) is 5.69 Å². The van der Waals surface area contributed by atoms with Crippen molar-refractivity contribution in [3.05, 3.63) is 77.0 Å². The summed E-state index contributed by atoms with van der Waals surface area (Å²) in [6, 6.07) is 15.9. The van der Waals surface area contributed by atoms with E-state index in [1.807, 2.05) is 32.0 Å². The summed E-state index contributed by atoms with van der Waals surface area (Å²) in [5.74, 6) is -0.433. The first-order chi connectivity index (χ1) is 14.0. The van der Waals surface area contributed by atoms with Gasteiger partial charge in [0.15, 0.2) is 11.5 Å². The van der Waals surface area contributed by atoms with E-state index in [2.05, 4.69) is 20.8 Å². The summed E-state index contributed by atoms with van der Waals surface area (Å²) in [6.07, 6.45) is 0. The Balaban J connectivity index is 1.73. The van der Waals surface area contributed by atoms with Gasteiger partial charge < -0.3 is 15.4 Å². The minimum Gasteiger partial charge on any atom is -0.462 e. The smallest absolute Gasteiger partial charge is 0.340 e. The first-order valence-corrected chi connectivity index (χ1v) is 9.24. The second-order valence-electron chi connectivity index (χ2n) is 6.40. The van der Waals surface area contributed by atoms with Crippen molar-refractivity contribution in [1.82, 2.24) is 10.2 Å². The summed E-state index contributed by atoms with van der Waals surface area (Å²) >= 11 is 0. The molecule has 0 fully saturated rings. The summed E-state index contributed by atoms with van der Waals surface area (Å²) in [4.78, 5) is 24.6. The molecule has 0 unspecified atom stereocenters. The molecule has 0 atom stereocenters. The SMILES string of the molecule is CCOC(=O)c1ccccc1NC(=O)c1ccc(Nc2cccc(C)c2C)nn1. The first kappa shape index (κ1) is 20.0. The van der Waals surface area contributed by atoms with Crippen molar-refractivity contribution in [3.63, 3.8) is 0 Å². The van der Waals surface area contributed by atoms with Gasteiger partial charge in [0.25, 0.3) is 5.91 Å². The molecule has 7 nitrogen and oxygen atoms in total. The van der Waals surface area contributed by atoms with Gasteiger partial charge >= 0.3 is 5.97 Å². The summed E-state index contributed by atoms with van der Waals surface area (Å²) in [7, 11) is 0. The number of anilines is 3. The van der Waals surface area contributed by atoms with Crippen LogP contribution >= 0.6 is 0 Å². The number of rotatable bonds is 6. The molecule has 1 aromatic heterocycles. The lowest BCUT2D eigenvalue weighted by Crippen LogP contribution is -2.17. The highest BCUT2D eigenvalue weighted by Crippen LogP contribution is 2.22. The van der Waals surface area contributed by atoms with Crippen LogP contribution in [0, 0.1) is 13.8 Å². The van der Waals surface area contributed by atoms with E-state index in [-0.39, 0.29) is 17.9 Å². The lowest BCUT2D eigenvalue weighted by Gasteiger charge is -2.11. The van der Waals surface area contributed by atoms with Crippen LogP contribution in [0.3, 0.4) is 0 Å². The van der Waals surface area contributed by atoms with Crippen LogP contribution in [0.15, 0.2) is 54.6 Å². The fraction of sp³-hybridized carbons (Fsp3) is 0.182. The van der Waals surface area contributed by atoms with Crippen molar-refractivity contribution in [2.24, 2.45) is 0 Å². The Labute approximate surface area is 169 Å². The van der Waals surface area contributed by atoms with E-state index in [1.54, 1.807) is 43.3 Å². The second kappa shape index (κ2) is 8.97. The zero-order valence-electron chi connectivity index (χ0n) is 16.5. The highest BCUT2D eigenvalue weighted by Gasteiger charge is 2.16. The van der Waals surface area contributed by atoms with Crippen LogP contribution in [-0.4, -0.2) is 28.7 Å². The van der Waals surface area contributed by atoms with Crippen LogP contribution in [0.5, 0.6) is 0 Å². The molecule has 0 aliphatic heterocycles. The molecule has 3 aromatic rings. The minimum absolute atomic E-state index is 0.134. The molecule has 0 saturated carbocycles. The van der Waals surface area contributed by atoms with Gasteiger partial charge in [-0.2, -0.15) is 0 Å². The van der Waals surface area contributed by atoms with E-state index in [1.165, 1.54) is 5.56 Å². The Kier molecular flexibility index (Phi) is 6.19. The van der Waals surface area contributed by atoms with E-state index >= 15 is 0 Å². The maximum Gasteiger partial charge on any atom is 0.340 e. The van der Waals surface area contributed by atoms with Gasteiger partial charge in [-0.3, -0.25) is 4.79 Å².